The molecule has 0 fully saturated rings. The van der Waals surface area contributed by atoms with Crippen LogP contribution in [0.1, 0.15) is 11.0 Å². The number of benzene rings is 2. The minimum atomic E-state index is -4.26. The molecule has 0 saturated carbocycles. The topological polar surface area (TPSA) is 117 Å². The number of fused-ring (bicyclic) bond motifs is 1. The molecule has 12 heteroatoms. The van der Waals surface area contributed by atoms with Crippen LogP contribution in [0.3, 0.4) is 0 Å². The van der Waals surface area contributed by atoms with Gasteiger partial charge in [-0.15, -0.1) is 9.24 Å². The van der Waals surface area contributed by atoms with E-state index in [0.717, 1.165) is 0 Å². The zero-order chi connectivity index (χ0) is 23.9. The number of nitrogens with one attached hydrogen (secondary N) is 1. The highest BCUT2D eigenvalue weighted by Crippen LogP contribution is 2.55. The largest absolute Gasteiger partial charge is 0.336 e. The molecule has 0 amide bonds. The Hall–Kier alpha value is -2.31. The van der Waals surface area contributed by atoms with Crippen LogP contribution in [0.15, 0.2) is 59.5 Å². The Labute approximate surface area is 201 Å². The average molecular weight is 523 g/mol. The van der Waals surface area contributed by atoms with Gasteiger partial charge in [0.2, 0.25) is 5.95 Å². The van der Waals surface area contributed by atoms with Crippen LogP contribution < -0.4 is 10.9 Å². The molecule has 4 rings (SSSR count). The van der Waals surface area contributed by atoms with Crippen LogP contribution in [0.5, 0.6) is 0 Å². The van der Waals surface area contributed by atoms with Gasteiger partial charge >= 0.3 is 7.60 Å². The first-order valence-electron chi connectivity index (χ1n) is 9.55. The predicted octanol–water partition coefficient (Wildman–Crippen LogP) is 5.10. The second kappa shape index (κ2) is 9.15. The summed E-state index contributed by atoms with van der Waals surface area (Å²) in [7, 11) is -0.501. The lowest BCUT2D eigenvalue weighted by molar-refractivity contribution is 0.370. The van der Waals surface area contributed by atoms with Crippen molar-refractivity contribution < 1.29 is 14.4 Å². The second-order valence-corrected chi connectivity index (χ2v) is 11.0. The molecule has 2 aromatic carbocycles. The monoisotopic (exact) mass is 522 g/mol. The number of aryl methyl sites for hydroxylation is 1. The van der Waals surface area contributed by atoms with Crippen molar-refractivity contribution in [1.82, 2.24) is 14.5 Å². The highest BCUT2D eigenvalue weighted by atomic mass is 35.5. The highest BCUT2D eigenvalue weighted by molar-refractivity contribution is 7.60. The summed E-state index contributed by atoms with van der Waals surface area (Å²) in [6.45, 7) is 0. The number of nitrogens with zero attached hydrogens (tertiary/aromatic N) is 3. The van der Waals surface area contributed by atoms with E-state index in [1.54, 1.807) is 61.8 Å². The Bertz CT molecular complexity index is 1450. The van der Waals surface area contributed by atoms with Crippen molar-refractivity contribution in [2.75, 3.05) is 5.32 Å². The van der Waals surface area contributed by atoms with Gasteiger partial charge in [-0.25, -0.2) is 4.98 Å². The molecule has 4 aromatic rings. The lowest BCUT2D eigenvalue weighted by Crippen LogP contribution is -2.20. The summed E-state index contributed by atoms with van der Waals surface area (Å²) in [5.74, 6) is 0.256. The molecule has 2 unspecified atom stereocenters. The number of hydrogen-bond acceptors (Lipinski definition) is 5. The molecule has 2 aromatic heterocycles. The molecule has 3 N–H and O–H groups in total. The van der Waals surface area contributed by atoms with Gasteiger partial charge in [0.25, 0.3) is 5.56 Å². The van der Waals surface area contributed by atoms with E-state index in [0.29, 0.717) is 43.5 Å². The van der Waals surface area contributed by atoms with Gasteiger partial charge in [-0.2, -0.15) is 4.98 Å². The van der Waals surface area contributed by atoms with Crippen molar-refractivity contribution >= 4 is 62.7 Å². The maximum atomic E-state index is 13.0. The van der Waals surface area contributed by atoms with Crippen molar-refractivity contribution in [3.8, 4) is 11.1 Å². The molecule has 0 radical (unpaired) electrons. The lowest BCUT2D eigenvalue weighted by atomic mass is 10.1. The minimum absolute atomic E-state index is 0.256. The third-order valence-corrected chi connectivity index (χ3v) is 8.25. The summed E-state index contributed by atoms with van der Waals surface area (Å²) in [6, 6.07) is 13.2. The Morgan fingerprint density at radius 2 is 1.76 bits per heavy atom. The molecule has 0 spiro atoms. The summed E-state index contributed by atoms with van der Waals surface area (Å²) in [5.41, 5.74) is 1.99. The molecule has 0 saturated heterocycles. The van der Waals surface area contributed by atoms with Crippen molar-refractivity contribution in [3.63, 3.8) is 0 Å². The first-order chi connectivity index (χ1) is 15.6. The van der Waals surface area contributed by atoms with Crippen LogP contribution in [0.25, 0.3) is 22.2 Å². The van der Waals surface area contributed by atoms with Crippen molar-refractivity contribution in [3.05, 3.63) is 80.7 Å². The molecule has 8 nitrogen and oxygen atoms in total. The Morgan fingerprint density at radius 1 is 1.12 bits per heavy atom. The maximum absolute atomic E-state index is 13.0. The summed E-state index contributed by atoms with van der Waals surface area (Å²) in [6.07, 6.45) is 1.58. The molecular formula is C21H18Cl2N4O4P2. The molecule has 0 aliphatic rings. The smallest absolute Gasteiger partial charge is 0.324 e. The Kier molecular flexibility index (Phi) is 6.61. The molecule has 0 aliphatic carbocycles. The minimum Gasteiger partial charge on any atom is -0.324 e. The molecular weight excluding hydrogens is 505 g/mol. The first kappa shape index (κ1) is 23.8. The van der Waals surface area contributed by atoms with Crippen LogP contribution in [-0.4, -0.2) is 24.3 Å². The first-order valence-corrected chi connectivity index (χ1v) is 12.7. The Morgan fingerprint density at radius 3 is 2.36 bits per heavy atom. The van der Waals surface area contributed by atoms with Gasteiger partial charge in [-0.3, -0.25) is 13.9 Å². The standard InChI is InChI=1S/C21H18Cl2N4O4P2/c1-27-18-12(9-14(19(27)28)17-15(22)3-2-4-16(17)23)10-24-21(26-18)25-13-7-5-11(6-8-13)20(32)33(29,30)31/h2-10,20H,32H2,1H3,(H,24,25,26)(H2,29,30,31). The summed E-state index contributed by atoms with van der Waals surface area (Å²) in [5, 5.41) is 3.40. The number of pyridine rings is 1. The number of aromatic nitrogens is 3. The van der Waals surface area contributed by atoms with E-state index in [1.807, 2.05) is 0 Å². The van der Waals surface area contributed by atoms with E-state index in [4.69, 9.17) is 23.2 Å². The van der Waals surface area contributed by atoms with Crippen LogP contribution in [0.4, 0.5) is 11.6 Å². The molecule has 0 aliphatic heterocycles. The fourth-order valence-electron chi connectivity index (χ4n) is 3.33. The van der Waals surface area contributed by atoms with Crippen molar-refractivity contribution in [2.45, 2.75) is 5.40 Å². The van der Waals surface area contributed by atoms with E-state index >= 15 is 0 Å². The van der Waals surface area contributed by atoms with Crippen LogP contribution in [0, 0.1) is 0 Å². The van der Waals surface area contributed by atoms with E-state index < -0.39 is 13.0 Å². The normalized spacial score (nSPS) is 12.7. The van der Waals surface area contributed by atoms with E-state index in [-0.39, 0.29) is 11.5 Å². The second-order valence-electron chi connectivity index (χ2n) is 7.27. The number of halogens is 2. The predicted molar refractivity (Wildman–Crippen MR) is 134 cm³/mol. The zero-order valence-electron chi connectivity index (χ0n) is 17.1. The third-order valence-electron chi connectivity index (χ3n) is 5.05. The van der Waals surface area contributed by atoms with Crippen LogP contribution >= 0.6 is 40.0 Å². The van der Waals surface area contributed by atoms with Crippen molar-refractivity contribution in [1.29, 1.82) is 0 Å². The van der Waals surface area contributed by atoms with Gasteiger partial charge in [-0.05, 0) is 35.9 Å². The van der Waals surface area contributed by atoms with Crippen LogP contribution in [-0.2, 0) is 11.6 Å². The van der Waals surface area contributed by atoms with Gasteiger partial charge in [-0.1, -0.05) is 41.4 Å². The zero-order valence-corrected chi connectivity index (χ0v) is 20.7. The number of anilines is 2. The van der Waals surface area contributed by atoms with E-state index in [2.05, 4.69) is 24.5 Å². The molecule has 33 heavy (non-hydrogen) atoms. The fraction of sp³-hybridized carbons (Fsp3) is 0.0952. The average Bonchev–Trinajstić information content (AvgIpc) is 2.77. The molecule has 0 bridgehead atoms. The molecule has 170 valence electrons. The van der Waals surface area contributed by atoms with Gasteiger partial charge in [0.1, 0.15) is 5.65 Å². The summed E-state index contributed by atoms with van der Waals surface area (Å²) >= 11 is 12.6. The third kappa shape index (κ3) is 4.82. The summed E-state index contributed by atoms with van der Waals surface area (Å²) < 4.78 is 12.8. The number of hydrogen-bond donors (Lipinski definition) is 3. The van der Waals surface area contributed by atoms with Crippen LogP contribution in [0.2, 0.25) is 10.0 Å². The lowest BCUT2D eigenvalue weighted by Gasteiger charge is -2.14. The van der Waals surface area contributed by atoms with Gasteiger partial charge in [0.15, 0.2) is 0 Å². The quantitative estimate of drug-likeness (QED) is 0.312. The van der Waals surface area contributed by atoms with Gasteiger partial charge in [0.05, 0.1) is 21.0 Å². The van der Waals surface area contributed by atoms with E-state index in [1.165, 1.54) is 4.57 Å². The highest BCUT2D eigenvalue weighted by Gasteiger charge is 2.25. The van der Waals surface area contributed by atoms with Crippen molar-refractivity contribution in [2.24, 2.45) is 7.05 Å². The Balaban J connectivity index is 1.69. The molecule has 2 atom stereocenters. The fourth-order valence-corrected chi connectivity index (χ4v) is 4.71. The number of rotatable bonds is 5. The molecule has 2 heterocycles. The van der Waals surface area contributed by atoms with Gasteiger partial charge < -0.3 is 15.1 Å². The summed E-state index contributed by atoms with van der Waals surface area (Å²) in [4.78, 5) is 40.5. The SMILES string of the molecule is Cn1c(=O)c(-c2c(Cl)cccc2Cl)cc2cnc(Nc3ccc(C(P)P(=O)(O)O)cc3)nc21. The van der Waals surface area contributed by atoms with E-state index in [9.17, 15) is 19.1 Å². The maximum Gasteiger partial charge on any atom is 0.336 e. The van der Waals surface area contributed by atoms with Gasteiger partial charge in [0, 0.05) is 29.9 Å².